The summed E-state index contributed by atoms with van der Waals surface area (Å²) in [5.74, 6) is -0.235. The Bertz CT molecular complexity index is 1200. The molecule has 1 aliphatic heterocycles. The molecule has 0 radical (unpaired) electrons. The van der Waals surface area contributed by atoms with Crippen LogP contribution in [-0.4, -0.2) is 55.1 Å². The van der Waals surface area contributed by atoms with Crippen molar-refractivity contribution in [3.63, 3.8) is 0 Å². The molecule has 5 nitrogen and oxygen atoms in total. The number of carbonyl (C=O) groups is 1. The minimum atomic E-state index is -0.291. The van der Waals surface area contributed by atoms with E-state index in [-0.39, 0.29) is 11.8 Å². The average Bonchev–Trinajstić information content (AvgIpc) is 3.35. The van der Waals surface area contributed by atoms with Gasteiger partial charge in [-0.1, -0.05) is 84.1 Å². The SMILES string of the molecule is Cc1ccc(C)c2sc(N3CCN(CCNC(=O)C(c4ccccc4)c4ccccc4)CC3)nc12. The summed E-state index contributed by atoms with van der Waals surface area (Å²) in [6, 6.07) is 24.4. The summed E-state index contributed by atoms with van der Waals surface area (Å²) >= 11 is 1.81. The summed E-state index contributed by atoms with van der Waals surface area (Å²) in [7, 11) is 0. The van der Waals surface area contributed by atoms with Gasteiger partial charge in [-0.3, -0.25) is 9.69 Å². The topological polar surface area (TPSA) is 48.5 Å². The van der Waals surface area contributed by atoms with E-state index in [4.69, 9.17) is 4.98 Å². The highest BCUT2D eigenvalue weighted by Gasteiger charge is 2.24. The van der Waals surface area contributed by atoms with E-state index in [0.29, 0.717) is 6.54 Å². The number of carbonyl (C=O) groups excluding carboxylic acids is 1. The van der Waals surface area contributed by atoms with Gasteiger partial charge in [0.2, 0.25) is 5.91 Å². The van der Waals surface area contributed by atoms with Crippen LogP contribution in [0, 0.1) is 13.8 Å². The first-order valence-electron chi connectivity index (χ1n) is 12.3. The monoisotopic (exact) mass is 484 g/mol. The van der Waals surface area contributed by atoms with Crippen LogP contribution in [0.3, 0.4) is 0 Å². The van der Waals surface area contributed by atoms with Crippen LogP contribution in [0.15, 0.2) is 72.8 Å². The van der Waals surface area contributed by atoms with E-state index in [1.165, 1.54) is 15.8 Å². The Balaban J connectivity index is 1.16. The number of benzene rings is 3. The Kier molecular flexibility index (Phi) is 7.11. The number of amides is 1. The number of aromatic nitrogens is 1. The van der Waals surface area contributed by atoms with Crippen molar-refractivity contribution in [2.24, 2.45) is 0 Å². The largest absolute Gasteiger partial charge is 0.354 e. The fourth-order valence-corrected chi connectivity index (χ4v) is 5.93. The van der Waals surface area contributed by atoms with Gasteiger partial charge in [-0.05, 0) is 36.1 Å². The van der Waals surface area contributed by atoms with E-state index >= 15 is 0 Å². The highest BCUT2D eigenvalue weighted by atomic mass is 32.1. The summed E-state index contributed by atoms with van der Waals surface area (Å²) in [6.07, 6.45) is 0. The molecule has 0 unspecified atom stereocenters. The molecule has 6 heteroatoms. The number of thiazole rings is 1. The van der Waals surface area contributed by atoms with Gasteiger partial charge in [0.1, 0.15) is 0 Å². The van der Waals surface area contributed by atoms with Crippen LogP contribution in [0.1, 0.15) is 28.2 Å². The van der Waals surface area contributed by atoms with Gasteiger partial charge in [-0.2, -0.15) is 0 Å². The fourth-order valence-electron chi connectivity index (χ4n) is 4.77. The second-order valence-corrected chi connectivity index (χ2v) is 10.2. The van der Waals surface area contributed by atoms with Crippen LogP contribution in [0.5, 0.6) is 0 Å². The Morgan fingerprint density at radius 3 is 2.09 bits per heavy atom. The minimum Gasteiger partial charge on any atom is -0.354 e. The highest BCUT2D eigenvalue weighted by molar-refractivity contribution is 7.22. The van der Waals surface area contributed by atoms with Gasteiger partial charge < -0.3 is 10.2 Å². The van der Waals surface area contributed by atoms with Crippen molar-refractivity contribution in [1.82, 2.24) is 15.2 Å². The van der Waals surface area contributed by atoms with E-state index in [9.17, 15) is 4.79 Å². The molecule has 0 spiro atoms. The first-order chi connectivity index (χ1) is 17.1. The smallest absolute Gasteiger partial charge is 0.232 e. The van der Waals surface area contributed by atoms with Crippen molar-refractivity contribution >= 4 is 32.6 Å². The first kappa shape index (κ1) is 23.5. The Morgan fingerprint density at radius 2 is 1.49 bits per heavy atom. The molecule has 0 saturated carbocycles. The van der Waals surface area contributed by atoms with E-state index in [0.717, 1.165) is 54.5 Å². The summed E-state index contributed by atoms with van der Waals surface area (Å²) < 4.78 is 1.30. The Labute approximate surface area is 211 Å². The lowest BCUT2D eigenvalue weighted by Crippen LogP contribution is -2.48. The maximum atomic E-state index is 13.2. The second kappa shape index (κ2) is 10.6. The zero-order valence-corrected chi connectivity index (χ0v) is 21.2. The van der Waals surface area contributed by atoms with Crippen LogP contribution in [0.4, 0.5) is 5.13 Å². The molecule has 1 fully saturated rings. The van der Waals surface area contributed by atoms with Crippen molar-refractivity contribution in [3.05, 3.63) is 95.1 Å². The summed E-state index contributed by atoms with van der Waals surface area (Å²) in [4.78, 5) is 23.0. The van der Waals surface area contributed by atoms with Gasteiger partial charge in [0.05, 0.1) is 16.1 Å². The molecule has 3 aromatic carbocycles. The highest BCUT2D eigenvalue weighted by Crippen LogP contribution is 2.33. The van der Waals surface area contributed by atoms with Gasteiger partial charge in [-0.15, -0.1) is 0 Å². The summed E-state index contributed by atoms with van der Waals surface area (Å²) in [5.41, 5.74) is 5.72. The number of nitrogens with one attached hydrogen (secondary N) is 1. The van der Waals surface area contributed by atoms with Crippen LogP contribution in [-0.2, 0) is 4.79 Å². The second-order valence-electron chi connectivity index (χ2n) is 9.25. The quantitative estimate of drug-likeness (QED) is 0.402. The molecule has 1 aliphatic rings. The van der Waals surface area contributed by atoms with E-state index in [1.54, 1.807) is 11.3 Å². The van der Waals surface area contributed by atoms with Crippen molar-refractivity contribution in [1.29, 1.82) is 0 Å². The van der Waals surface area contributed by atoms with E-state index in [2.05, 4.69) is 41.1 Å². The van der Waals surface area contributed by atoms with Crippen LogP contribution in [0.25, 0.3) is 10.2 Å². The van der Waals surface area contributed by atoms with E-state index < -0.39 is 0 Å². The molecule has 1 saturated heterocycles. The first-order valence-corrected chi connectivity index (χ1v) is 13.1. The standard InChI is InChI=1S/C29H32N4OS/c1-21-13-14-22(2)27-26(21)31-29(35-27)33-19-17-32(18-20-33)16-15-30-28(34)25(23-9-5-3-6-10-23)24-11-7-4-8-12-24/h3-14,25H,15-20H2,1-2H3,(H,30,34). The number of piperazine rings is 1. The molecular weight excluding hydrogens is 452 g/mol. The molecule has 1 aromatic heterocycles. The van der Waals surface area contributed by atoms with Crippen molar-refractivity contribution < 1.29 is 4.79 Å². The van der Waals surface area contributed by atoms with E-state index in [1.807, 2.05) is 60.7 Å². The molecule has 2 heterocycles. The molecule has 5 rings (SSSR count). The Hall–Kier alpha value is -3.22. The van der Waals surface area contributed by atoms with Gasteiger partial charge in [0.25, 0.3) is 0 Å². The predicted molar refractivity (Wildman–Crippen MR) is 145 cm³/mol. The fraction of sp³-hybridized carbons (Fsp3) is 0.310. The number of anilines is 1. The number of fused-ring (bicyclic) bond motifs is 1. The molecule has 0 aliphatic carbocycles. The van der Waals surface area contributed by atoms with Gasteiger partial charge in [0.15, 0.2) is 5.13 Å². The molecule has 35 heavy (non-hydrogen) atoms. The van der Waals surface area contributed by atoms with Crippen LogP contribution >= 0.6 is 11.3 Å². The third-order valence-electron chi connectivity index (χ3n) is 6.83. The number of nitrogens with zero attached hydrogens (tertiary/aromatic N) is 3. The van der Waals surface area contributed by atoms with Crippen LogP contribution in [0.2, 0.25) is 0 Å². The van der Waals surface area contributed by atoms with Gasteiger partial charge in [0, 0.05) is 39.3 Å². The molecule has 0 bridgehead atoms. The van der Waals surface area contributed by atoms with Crippen LogP contribution < -0.4 is 10.2 Å². The number of rotatable bonds is 7. The third-order valence-corrected chi connectivity index (χ3v) is 8.08. The lowest BCUT2D eigenvalue weighted by atomic mass is 9.90. The normalized spacial score (nSPS) is 14.5. The van der Waals surface area contributed by atoms with Gasteiger partial charge >= 0.3 is 0 Å². The zero-order chi connectivity index (χ0) is 24.2. The lowest BCUT2D eigenvalue weighted by molar-refractivity contribution is -0.121. The third kappa shape index (κ3) is 5.24. The number of hydrogen-bond acceptors (Lipinski definition) is 5. The molecule has 1 N–H and O–H groups in total. The summed E-state index contributed by atoms with van der Waals surface area (Å²) in [6.45, 7) is 9.68. The molecular formula is C29H32N4OS. The summed E-state index contributed by atoms with van der Waals surface area (Å²) in [5, 5.41) is 4.32. The maximum absolute atomic E-state index is 13.2. The molecule has 1 amide bonds. The molecule has 0 atom stereocenters. The van der Waals surface area contributed by atoms with Crippen molar-refractivity contribution in [2.45, 2.75) is 19.8 Å². The Morgan fingerprint density at radius 1 is 0.886 bits per heavy atom. The zero-order valence-electron chi connectivity index (χ0n) is 20.4. The predicted octanol–water partition coefficient (Wildman–Crippen LogP) is 4.98. The van der Waals surface area contributed by atoms with Crippen molar-refractivity contribution in [3.8, 4) is 0 Å². The maximum Gasteiger partial charge on any atom is 0.232 e. The van der Waals surface area contributed by atoms with Gasteiger partial charge in [-0.25, -0.2) is 4.98 Å². The molecule has 180 valence electrons. The van der Waals surface area contributed by atoms with Crippen molar-refractivity contribution in [2.75, 3.05) is 44.2 Å². The molecule has 4 aromatic rings. The number of aryl methyl sites for hydroxylation is 2. The minimum absolute atomic E-state index is 0.0567. The average molecular weight is 485 g/mol. The number of hydrogen-bond donors (Lipinski definition) is 1. The lowest BCUT2D eigenvalue weighted by Gasteiger charge is -2.34.